The topological polar surface area (TPSA) is 91.6 Å². The fraction of sp³-hybridized carbons (Fsp3) is 0.192. The molecule has 3 aromatic rings. The Kier molecular flexibility index (Phi) is 6.31. The number of primary amides is 1. The van der Waals surface area contributed by atoms with E-state index in [0.29, 0.717) is 25.2 Å². The molecular weight excluding hydrogens is 400 g/mol. The molecule has 3 heterocycles. The summed E-state index contributed by atoms with van der Waals surface area (Å²) in [6.07, 6.45) is 5.76. The van der Waals surface area contributed by atoms with Gasteiger partial charge in [-0.15, -0.1) is 0 Å². The van der Waals surface area contributed by atoms with Crippen LogP contribution < -0.4 is 5.73 Å². The Hall–Kier alpha value is -3.93. The number of aromatic amines is 1. The number of hydrogen-bond acceptors (Lipinski definition) is 3. The normalized spacial score (nSPS) is 15.4. The van der Waals surface area contributed by atoms with E-state index < -0.39 is 5.91 Å². The first-order valence-electron chi connectivity index (χ1n) is 10.6. The smallest absolute Gasteiger partial charge is 0.267 e. The molecule has 0 saturated carbocycles. The van der Waals surface area contributed by atoms with E-state index in [4.69, 9.17) is 5.73 Å². The van der Waals surface area contributed by atoms with Gasteiger partial charge in [-0.1, -0.05) is 54.6 Å². The number of hydrogen-bond donors (Lipinski definition) is 2. The van der Waals surface area contributed by atoms with Crippen LogP contribution in [0.5, 0.6) is 0 Å². The largest absolute Gasteiger partial charge is 0.364 e. The molecule has 0 aliphatic carbocycles. The highest BCUT2D eigenvalue weighted by molar-refractivity contribution is 6.43. The Morgan fingerprint density at radius 1 is 1.12 bits per heavy atom. The van der Waals surface area contributed by atoms with Crippen molar-refractivity contribution < 1.29 is 9.59 Å². The highest BCUT2D eigenvalue weighted by atomic mass is 16.1. The van der Waals surface area contributed by atoms with Gasteiger partial charge in [0.25, 0.3) is 5.91 Å². The average Bonchev–Trinajstić information content (AvgIpc) is 3.00. The molecule has 6 nitrogen and oxygen atoms in total. The Bertz CT molecular complexity index is 1240. The van der Waals surface area contributed by atoms with E-state index in [9.17, 15) is 9.59 Å². The molecule has 1 aromatic heterocycles. The molecule has 2 aliphatic rings. The zero-order valence-corrected chi connectivity index (χ0v) is 18.0. The molecule has 0 atom stereocenters. The molecule has 0 saturated heterocycles. The van der Waals surface area contributed by atoms with Crippen LogP contribution >= 0.6 is 0 Å². The molecule has 162 valence electrons. The molecule has 32 heavy (non-hydrogen) atoms. The number of aliphatic imine (C=N–C) groups is 1. The van der Waals surface area contributed by atoms with Crippen LogP contribution in [0.4, 0.5) is 0 Å². The molecule has 5 rings (SSSR count). The highest BCUT2D eigenvalue weighted by Crippen LogP contribution is 2.31. The van der Waals surface area contributed by atoms with Crippen molar-refractivity contribution in [3.05, 3.63) is 83.7 Å². The molecule has 3 N–H and O–H groups in total. The number of aromatic nitrogens is 1. The summed E-state index contributed by atoms with van der Waals surface area (Å²) in [6.45, 7) is 3.37. The molecule has 0 radical (unpaired) electrons. The van der Waals surface area contributed by atoms with Gasteiger partial charge in [0.2, 0.25) is 6.41 Å². The van der Waals surface area contributed by atoms with E-state index >= 15 is 0 Å². The van der Waals surface area contributed by atoms with Crippen molar-refractivity contribution in [3.8, 4) is 11.1 Å². The third-order valence-electron chi connectivity index (χ3n) is 5.69. The predicted octanol–water partition coefficient (Wildman–Crippen LogP) is 4.13. The number of para-hydroxylation sites is 1. The van der Waals surface area contributed by atoms with Gasteiger partial charge in [-0.3, -0.25) is 9.59 Å². The maximum atomic E-state index is 11.1. The second kappa shape index (κ2) is 9.47. The monoisotopic (exact) mass is 426 g/mol. The zero-order valence-electron chi connectivity index (χ0n) is 18.0. The van der Waals surface area contributed by atoms with Crippen molar-refractivity contribution in [1.82, 2.24) is 9.88 Å². The first-order valence-corrected chi connectivity index (χ1v) is 10.6. The number of carbonyl (C=O) groups excluding carboxylic acids is 2. The lowest BCUT2D eigenvalue weighted by Crippen LogP contribution is -2.30. The standard InChI is InChI=1S/C15H13N.C11H13N3O2/c1-11-15(12-7-3-2-4-8-12)13-9-5-6-10-14(13)16-11;12-11(16)10-3-1-2-8-6-14(7-15)5-4-9(8)13-10/h2-10,16H,1H3;1,3,7H,2,4-6H2,(H2,12,16). The van der Waals surface area contributed by atoms with Crippen LogP contribution in [0.3, 0.4) is 0 Å². The van der Waals surface area contributed by atoms with E-state index in [1.54, 1.807) is 11.0 Å². The van der Waals surface area contributed by atoms with Gasteiger partial charge in [0.05, 0.1) is 0 Å². The summed E-state index contributed by atoms with van der Waals surface area (Å²) in [5, 5.41) is 1.30. The number of nitrogens with two attached hydrogens (primary N) is 1. The third-order valence-corrected chi connectivity index (χ3v) is 5.69. The quantitative estimate of drug-likeness (QED) is 0.617. The fourth-order valence-electron chi connectivity index (χ4n) is 4.14. The van der Waals surface area contributed by atoms with Gasteiger partial charge in [-0.25, -0.2) is 4.99 Å². The van der Waals surface area contributed by atoms with Crippen LogP contribution in [-0.2, 0) is 9.59 Å². The second-order valence-corrected chi connectivity index (χ2v) is 7.88. The number of H-pyrrole nitrogens is 1. The van der Waals surface area contributed by atoms with Gasteiger partial charge in [-0.05, 0) is 36.6 Å². The summed E-state index contributed by atoms with van der Waals surface area (Å²) in [5.41, 5.74) is 12.5. The summed E-state index contributed by atoms with van der Waals surface area (Å²) < 4.78 is 0. The van der Waals surface area contributed by atoms with Crippen molar-refractivity contribution in [1.29, 1.82) is 0 Å². The lowest BCUT2D eigenvalue weighted by molar-refractivity contribution is -0.118. The molecule has 2 aromatic carbocycles. The maximum Gasteiger partial charge on any atom is 0.267 e. The SMILES string of the molecule is Cc1[nH]c2ccccc2c1-c1ccccc1.NC(=O)C1=NC2=C(CC=C1)CN(C=O)CC2. The van der Waals surface area contributed by atoms with E-state index in [2.05, 4.69) is 65.4 Å². The number of allylic oxidation sites excluding steroid dienone is 1. The number of rotatable bonds is 3. The van der Waals surface area contributed by atoms with Crippen LogP contribution in [0.2, 0.25) is 0 Å². The first-order chi connectivity index (χ1) is 15.6. The zero-order chi connectivity index (χ0) is 22.5. The Balaban J connectivity index is 0.000000153. The van der Waals surface area contributed by atoms with Crippen LogP contribution in [0.15, 0.2) is 83.0 Å². The van der Waals surface area contributed by atoms with Gasteiger partial charge >= 0.3 is 0 Å². The van der Waals surface area contributed by atoms with Gasteiger partial charge in [0, 0.05) is 47.4 Å². The summed E-state index contributed by atoms with van der Waals surface area (Å²) in [5.74, 6) is -0.511. The number of nitrogens with zero attached hydrogens (tertiary/aromatic N) is 2. The molecule has 0 fully saturated rings. The number of benzene rings is 2. The molecule has 0 bridgehead atoms. The number of aryl methyl sites for hydroxylation is 1. The minimum atomic E-state index is -0.511. The highest BCUT2D eigenvalue weighted by Gasteiger charge is 2.19. The summed E-state index contributed by atoms with van der Waals surface area (Å²) in [6, 6.07) is 19.0. The third kappa shape index (κ3) is 4.54. The second-order valence-electron chi connectivity index (χ2n) is 7.88. The summed E-state index contributed by atoms with van der Waals surface area (Å²) in [7, 11) is 0. The van der Waals surface area contributed by atoms with Crippen LogP contribution in [-0.4, -0.2) is 41.0 Å². The fourth-order valence-corrected chi connectivity index (χ4v) is 4.14. The molecule has 2 amide bonds. The molecular formula is C26H26N4O2. The van der Waals surface area contributed by atoms with Crippen molar-refractivity contribution in [2.75, 3.05) is 13.1 Å². The average molecular weight is 427 g/mol. The van der Waals surface area contributed by atoms with Crippen molar-refractivity contribution in [2.24, 2.45) is 10.7 Å². The minimum absolute atomic E-state index is 0.296. The lowest BCUT2D eigenvalue weighted by Gasteiger charge is -2.25. The van der Waals surface area contributed by atoms with Gasteiger partial charge in [0.1, 0.15) is 5.71 Å². The van der Waals surface area contributed by atoms with E-state index in [1.165, 1.54) is 27.7 Å². The predicted molar refractivity (Wildman–Crippen MR) is 128 cm³/mol. The van der Waals surface area contributed by atoms with E-state index in [1.807, 2.05) is 12.1 Å². The van der Waals surface area contributed by atoms with Crippen molar-refractivity contribution in [3.63, 3.8) is 0 Å². The molecule has 6 heteroatoms. The number of amides is 2. The maximum absolute atomic E-state index is 11.1. The number of carbonyl (C=O) groups is 2. The molecule has 0 unspecified atom stereocenters. The van der Waals surface area contributed by atoms with E-state index in [0.717, 1.165) is 24.1 Å². The van der Waals surface area contributed by atoms with Crippen molar-refractivity contribution in [2.45, 2.75) is 19.8 Å². The first kappa shape index (κ1) is 21.3. The Morgan fingerprint density at radius 3 is 2.62 bits per heavy atom. The number of fused-ring (bicyclic) bond motifs is 1. The summed E-state index contributed by atoms with van der Waals surface area (Å²) >= 11 is 0. The Morgan fingerprint density at radius 2 is 1.88 bits per heavy atom. The lowest BCUT2D eigenvalue weighted by atomic mass is 10.0. The van der Waals surface area contributed by atoms with E-state index in [-0.39, 0.29) is 0 Å². The Labute approximate surface area is 187 Å². The van der Waals surface area contributed by atoms with Crippen LogP contribution in [0, 0.1) is 6.92 Å². The van der Waals surface area contributed by atoms with Gasteiger partial charge in [0.15, 0.2) is 0 Å². The summed E-state index contributed by atoms with van der Waals surface area (Å²) in [4.78, 5) is 31.1. The minimum Gasteiger partial charge on any atom is -0.364 e. The van der Waals surface area contributed by atoms with Crippen LogP contribution in [0.1, 0.15) is 18.5 Å². The molecule has 0 spiro atoms. The van der Waals surface area contributed by atoms with Crippen LogP contribution in [0.25, 0.3) is 22.0 Å². The number of nitrogens with one attached hydrogen (secondary N) is 1. The van der Waals surface area contributed by atoms with Gasteiger partial charge in [-0.2, -0.15) is 0 Å². The molecule has 2 aliphatic heterocycles. The van der Waals surface area contributed by atoms with Gasteiger partial charge < -0.3 is 15.6 Å². The van der Waals surface area contributed by atoms with Crippen molar-refractivity contribution >= 4 is 28.9 Å².